The molecule has 224 valence electrons. The summed E-state index contributed by atoms with van der Waals surface area (Å²) in [6.07, 6.45) is -3.35. The molecule has 2 aromatic rings. The number of benzene rings is 2. The van der Waals surface area contributed by atoms with Crippen molar-refractivity contribution in [3.8, 4) is 0 Å². The largest absolute Gasteiger partial charge is 0.231 e. The molecule has 0 atom stereocenters. The van der Waals surface area contributed by atoms with Crippen molar-refractivity contribution in [1.29, 1.82) is 0 Å². The van der Waals surface area contributed by atoms with Gasteiger partial charge in [-0.15, -0.1) is 22.1 Å². The average Bonchev–Trinajstić information content (AvgIpc) is 2.86. The van der Waals surface area contributed by atoms with Crippen LogP contribution in [0, 0.1) is 58.2 Å². The molecule has 0 saturated heterocycles. The lowest BCUT2D eigenvalue weighted by Crippen LogP contribution is -2.68. The zero-order valence-corrected chi connectivity index (χ0v) is 24.8. The topological polar surface area (TPSA) is 3.01 Å². The summed E-state index contributed by atoms with van der Waals surface area (Å²) >= 11 is 0. The van der Waals surface area contributed by atoms with Crippen molar-refractivity contribution >= 4 is 31.0 Å². The zero-order valence-electron chi connectivity index (χ0n) is 23.8. The first-order chi connectivity index (χ1) is 18.6. The summed E-state index contributed by atoms with van der Waals surface area (Å²) in [5.74, 6) is -21.3. The Labute approximate surface area is 233 Å². The maximum Gasteiger partial charge on any atom is 0.200 e. The van der Waals surface area contributed by atoms with Crippen LogP contribution in [0.1, 0.15) is 34.6 Å². The summed E-state index contributed by atoms with van der Waals surface area (Å²) in [7, 11) is -3.34. The van der Waals surface area contributed by atoms with Crippen LogP contribution >= 0.6 is 0 Å². The minimum absolute atomic E-state index is 0.0727. The van der Waals surface area contributed by atoms with Crippen molar-refractivity contribution in [3.05, 3.63) is 87.5 Å². The van der Waals surface area contributed by atoms with E-state index in [1.807, 2.05) is 0 Å². The van der Waals surface area contributed by atoms with Gasteiger partial charge in [0.2, 0.25) is 0 Å². The van der Waals surface area contributed by atoms with Gasteiger partial charge in [-0.1, -0.05) is 31.8 Å². The van der Waals surface area contributed by atoms with Gasteiger partial charge in [-0.2, -0.15) is 4.58 Å². The molecule has 0 aliphatic carbocycles. The number of halogens is 10. The van der Waals surface area contributed by atoms with Crippen LogP contribution in [0.25, 0.3) is 0 Å². The lowest BCUT2D eigenvalue weighted by molar-refractivity contribution is -0.581. The van der Waals surface area contributed by atoms with Crippen molar-refractivity contribution in [2.75, 3.05) is 0 Å². The molecule has 0 spiro atoms. The van der Waals surface area contributed by atoms with Crippen molar-refractivity contribution in [2.24, 2.45) is 0 Å². The molecule has 2 rings (SSSR count). The van der Waals surface area contributed by atoms with Crippen LogP contribution in [0.15, 0.2) is 29.3 Å². The van der Waals surface area contributed by atoms with Crippen molar-refractivity contribution in [1.82, 2.24) is 0 Å². The highest BCUT2D eigenvalue weighted by Crippen LogP contribution is 2.32. The van der Waals surface area contributed by atoms with Gasteiger partial charge in [0.15, 0.2) is 47.0 Å². The fourth-order valence-electron chi connectivity index (χ4n) is 5.02. The lowest BCUT2D eigenvalue weighted by Gasteiger charge is -2.45. The maximum absolute atomic E-state index is 15.7. The summed E-state index contributed by atoms with van der Waals surface area (Å²) in [6.45, 7) is 16.1. The molecule has 0 fully saturated rings. The summed E-state index contributed by atoms with van der Waals surface area (Å²) in [5.41, 5.74) is -3.46. The predicted molar refractivity (Wildman–Crippen MR) is 144 cm³/mol. The lowest BCUT2D eigenvalue weighted by atomic mass is 9.17. The van der Waals surface area contributed by atoms with E-state index >= 15 is 17.6 Å². The maximum atomic E-state index is 15.7. The third kappa shape index (κ3) is 5.97. The standard InChI is InChI=1S/C28H30BF10NSi/c1-13(2)10-11-29(17-19(30)23(34)27(38)24(35)20(17)31,18-21(32)25(36)28(39)26(37)22(18)33)16(41(7,8)9)12-40(14(3)4)15(5)6/h10-11,14-15H,1H2,2-9H3/b11-10+. The SMILES string of the molecule is C=C(C)/C=C/[B-](C(=C=[N+](C(C)C)C(C)C)[Si](C)(C)C)(c1c(F)c(F)c(F)c(F)c1F)c1c(F)c(F)c(F)c(F)c1F. The van der Waals surface area contributed by atoms with Crippen LogP contribution in [-0.4, -0.2) is 36.7 Å². The Balaban J connectivity index is 3.73. The van der Waals surface area contributed by atoms with Gasteiger partial charge in [0, 0.05) is 8.07 Å². The first kappa shape index (κ1) is 34.2. The quantitative estimate of drug-likeness (QED) is 0.0569. The highest BCUT2D eigenvalue weighted by molar-refractivity contribution is 7.21. The third-order valence-corrected chi connectivity index (χ3v) is 8.88. The third-order valence-electron chi connectivity index (χ3n) is 6.69. The van der Waals surface area contributed by atoms with E-state index in [4.69, 9.17) is 0 Å². The highest BCUT2D eigenvalue weighted by atomic mass is 28.3. The van der Waals surface area contributed by atoms with E-state index in [2.05, 4.69) is 12.4 Å². The van der Waals surface area contributed by atoms with Gasteiger partial charge in [-0.3, -0.25) is 0 Å². The summed E-state index contributed by atoms with van der Waals surface area (Å²) < 4.78 is 152. The average molecular weight is 609 g/mol. The van der Waals surface area contributed by atoms with E-state index in [-0.39, 0.29) is 10.7 Å². The van der Waals surface area contributed by atoms with Gasteiger partial charge in [0.1, 0.15) is 35.3 Å². The van der Waals surface area contributed by atoms with Crippen molar-refractivity contribution in [2.45, 2.75) is 66.3 Å². The Bertz CT molecular complexity index is 1360. The molecule has 2 aromatic carbocycles. The summed E-state index contributed by atoms with van der Waals surface area (Å²) in [5, 5.41) is -0.371. The molecule has 13 heteroatoms. The molecule has 0 aliphatic rings. The number of hydrogen-bond donors (Lipinski definition) is 0. The van der Waals surface area contributed by atoms with E-state index in [0.717, 1.165) is 6.08 Å². The van der Waals surface area contributed by atoms with Gasteiger partial charge in [0.05, 0.1) is 0 Å². The summed E-state index contributed by atoms with van der Waals surface area (Å²) in [6, 6.07) is -0.875. The fourth-order valence-corrected chi connectivity index (χ4v) is 7.24. The molecule has 0 heterocycles. The van der Waals surface area contributed by atoms with Gasteiger partial charge in [0.25, 0.3) is 0 Å². The highest BCUT2D eigenvalue weighted by Gasteiger charge is 2.47. The Morgan fingerprint density at radius 2 is 0.951 bits per heavy atom. The van der Waals surface area contributed by atoms with Gasteiger partial charge in [-0.25, -0.2) is 49.9 Å². The van der Waals surface area contributed by atoms with E-state index in [9.17, 15) is 26.3 Å². The minimum Gasteiger partial charge on any atom is -0.231 e. The molecule has 0 radical (unpaired) electrons. The van der Waals surface area contributed by atoms with Crippen LogP contribution in [0.5, 0.6) is 0 Å². The van der Waals surface area contributed by atoms with Gasteiger partial charge >= 0.3 is 0 Å². The van der Waals surface area contributed by atoms with E-state index in [0.29, 0.717) is 5.98 Å². The second-order valence-electron chi connectivity index (χ2n) is 11.5. The smallest absolute Gasteiger partial charge is 0.200 e. The molecule has 0 aliphatic heterocycles. The van der Waals surface area contributed by atoms with Gasteiger partial charge in [-0.05, 0) is 34.6 Å². The summed E-state index contributed by atoms with van der Waals surface area (Å²) in [4.78, 5) is 0. The van der Waals surface area contributed by atoms with Crippen LogP contribution in [0.3, 0.4) is 0 Å². The molecule has 0 amide bonds. The molecule has 0 aromatic heterocycles. The predicted octanol–water partition coefficient (Wildman–Crippen LogP) is 7.15. The molecular formula is C28H30BF10NSi. The van der Waals surface area contributed by atoms with E-state index < -0.39 is 95.4 Å². The number of allylic oxidation sites excluding steroid dienone is 2. The number of hydrogen-bond acceptors (Lipinski definition) is 0. The molecule has 0 saturated carbocycles. The Kier molecular flexibility index (Phi) is 10.0. The molecule has 0 unspecified atom stereocenters. The van der Waals surface area contributed by atoms with E-state index in [1.54, 1.807) is 27.7 Å². The van der Waals surface area contributed by atoms with Crippen LogP contribution in [-0.2, 0) is 0 Å². The molecule has 0 N–H and O–H groups in total. The zero-order chi connectivity index (χ0) is 31.9. The molecule has 41 heavy (non-hydrogen) atoms. The normalized spacial score (nSPS) is 12.5. The van der Waals surface area contributed by atoms with Crippen molar-refractivity contribution < 1.29 is 48.5 Å². The Morgan fingerprint density at radius 3 is 1.20 bits per heavy atom. The Hall–Kier alpha value is -3.05. The first-order valence-electron chi connectivity index (χ1n) is 12.6. The minimum atomic E-state index is -4.32. The fraction of sp³-hybridized carbons (Fsp3) is 0.357. The molecular weight excluding hydrogens is 579 g/mol. The second kappa shape index (κ2) is 12.1. The second-order valence-corrected chi connectivity index (χ2v) is 16.5. The van der Waals surface area contributed by atoms with Crippen LogP contribution in [0.2, 0.25) is 19.6 Å². The first-order valence-corrected chi connectivity index (χ1v) is 16.1. The van der Waals surface area contributed by atoms with Crippen LogP contribution < -0.4 is 10.9 Å². The molecule has 0 bridgehead atoms. The van der Waals surface area contributed by atoms with Gasteiger partial charge < -0.3 is 0 Å². The van der Waals surface area contributed by atoms with Crippen molar-refractivity contribution in [3.63, 3.8) is 0 Å². The van der Waals surface area contributed by atoms with E-state index in [1.165, 1.54) is 31.1 Å². The van der Waals surface area contributed by atoms with Crippen LogP contribution in [0.4, 0.5) is 43.9 Å². The molecule has 1 nitrogen and oxygen atoms in total. The number of nitrogens with zero attached hydrogens (tertiary/aromatic N) is 1. The number of rotatable bonds is 8. The monoisotopic (exact) mass is 609 g/mol. The Morgan fingerprint density at radius 1 is 0.659 bits per heavy atom.